The Bertz CT molecular complexity index is 1430. The van der Waals surface area contributed by atoms with Gasteiger partial charge in [0.2, 0.25) is 0 Å². The minimum atomic E-state index is -0.992. The monoisotopic (exact) mass is 400 g/mol. The van der Waals surface area contributed by atoms with Crippen molar-refractivity contribution >= 4 is 38.5 Å². The fourth-order valence-electron chi connectivity index (χ4n) is 3.62. The first-order valence-corrected chi connectivity index (χ1v) is 9.28. The average Bonchev–Trinajstić information content (AvgIpc) is 2.75. The van der Waals surface area contributed by atoms with Crippen LogP contribution in [0.15, 0.2) is 84.9 Å². The van der Waals surface area contributed by atoms with Gasteiger partial charge in [-0.05, 0) is 41.1 Å². The zero-order valence-electron chi connectivity index (χ0n) is 15.6. The van der Waals surface area contributed by atoms with Crippen molar-refractivity contribution in [2.24, 2.45) is 0 Å². The van der Waals surface area contributed by atoms with Gasteiger partial charge in [-0.15, -0.1) is 0 Å². The van der Waals surface area contributed by atoms with Gasteiger partial charge in [-0.25, -0.2) is 13.6 Å². The highest BCUT2D eigenvalue weighted by Gasteiger charge is 2.17. The SMILES string of the molecule is O=C(Oc1cccc2ccccc12)Oc1c2cc(F)ccc2cc2c(F)cccc12. The Morgan fingerprint density at radius 3 is 2.30 bits per heavy atom. The first-order chi connectivity index (χ1) is 14.6. The summed E-state index contributed by atoms with van der Waals surface area (Å²) in [5.74, 6) is -0.580. The molecule has 0 amide bonds. The highest BCUT2D eigenvalue weighted by Crippen LogP contribution is 2.37. The lowest BCUT2D eigenvalue weighted by atomic mass is 10.0. The first kappa shape index (κ1) is 18.1. The van der Waals surface area contributed by atoms with Crippen molar-refractivity contribution in [3.8, 4) is 11.5 Å². The Labute approximate surface area is 170 Å². The molecule has 5 rings (SSSR count). The molecule has 5 aromatic rings. The van der Waals surface area contributed by atoms with Gasteiger partial charge in [-0.2, -0.15) is 0 Å². The molecular formula is C25H14F2O3. The van der Waals surface area contributed by atoms with E-state index >= 15 is 0 Å². The third kappa shape index (κ3) is 3.10. The molecule has 0 aliphatic heterocycles. The van der Waals surface area contributed by atoms with E-state index in [-0.39, 0.29) is 11.1 Å². The molecule has 0 spiro atoms. The van der Waals surface area contributed by atoms with Crippen molar-refractivity contribution in [1.82, 2.24) is 0 Å². The van der Waals surface area contributed by atoms with E-state index in [1.165, 1.54) is 30.3 Å². The van der Waals surface area contributed by atoms with Crippen molar-refractivity contribution in [3.63, 3.8) is 0 Å². The van der Waals surface area contributed by atoms with Gasteiger partial charge in [0.25, 0.3) is 0 Å². The molecule has 0 radical (unpaired) electrons. The van der Waals surface area contributed by atoms with E-state index in [0.29, 0.717) is 21.9 Å². The van der Waals surface area contributed by atoms with Gasteiger partial charge in [0, 0.05) is 21.5 Å². The molecule has 0 saturated carbocycles. The first-order valence-electron chi connectivity index (χ1n) is 9.28. The normalized spacial score (nSPS) is 11.1. The molecule has 3 nitrogen and oxygen atoms in total. The van der Waals surface area contributed by atoms with Gasteiger partial charge in [-0.3, -0.25) is 0 Å². The zero-order valence-corrected chi connectivity index (χ0v) is 15.6. The second-order valence-corrected chi connectivity index (χ2v) is 6.84. The highest BCUT2D eigenvalue weighted by molar-refractivity contribution is 6.06. The molecule has 0 unspecified atom stereocenters. The largest absolute Gasteiger partial charge is 0.519 e. The third-order valence-electron chi connectivity index (χ3n) is 4.99. The maximum Gasteiger partial charge on any atom is 0.519 e. The third-order valence-corrected chi connectivity index (χ3v) is 4.99. The highest BCUT2D eigenvalue weighted by atomic mass is 19.1. The fourth-order valence-corrected chi connectivity index (χ4v) is 3.62. The van der Waals surface area contributed by atoms with E-state index in [9.17, 15) is 13.6 Å². The topological polar surface area (TPSA) is 35.5 Å². The predicted molar refractivity (Wildman–Crippen MR) is 112 cm³/mol. The van der Waals surface area contributed by atoms with E-state index in [4.69, 9.17) is 9.47 Å². The molecule has 30 heavy (non-hydrogen) atoms. The van der Waals surface area contributed by atoms with Crippen molar-refractivity contribution in [1.29, 1.82) is 0 Å². The van der Waals surface area contributed by atoms with Crippen LogP contribution in [-0.4, -0.2) is 6.16 Å². The quantitative estimate of drug-likeness (QED) is 0.182. The van der Waals surface area contributed by atoms with Gasteiger partial charge in [-0.1, -0.05) is 54.6 Å². The van der Waals surface area contributed by atoms with E-state index in [0.717, 1.165) is 10.8 Å². The number of hydrogen-bond donors (Lipinski definition) is 0. The fraction of sp³-hybridized carbons (Fsp3) is 0. The minimum Gasteiger partial charge on any atom is -0.394 e. The van der Waals surface area contributed by atoms with E-state index in [1.807, 2.05) is 30.3 Å². The maximum absolute atomic E-state index is 14.4. The summed E-state index contributed by atoms with van der Waals surface area (Å²) in [4.78, 5) is 12.7. The second-order valence-electron chi connectivity index (χ2n) is 6.84. The number of hydrogen-bond acceptors (Lipinski definition) is 3. The summed E-state index contributed by atoms with van der Waals surface area (Å²) in [6.07, 6.45) is -0.992. The summed E-state index contributed by atoms with van der Waals surface area (Å²) in [5.41, 5.74) is 0. The predicted octanol–water partition coefficient (Wildman–Crippen LogP) is 7.00. The number of fused-ring (bicyclic) bond motifs is 3. The Morgan fingerprint density at radius 2 is 1.40 bits per heavy atom. The number of carbonyl (C=O) groups excluding carboxylic acids is 1. The number of benzene rings is 5. The summed E-state index contributed by atoms with van der Waals surface area (Å²) >= 11 is 0. The van der Waals surface area contributed by atoms with Crippen LogP contribution >= 0.6 is 0 Å². The molecule has 146 valence electrons. The zero-order chi connectivity index (χ0) is 20.7. The number of rotatable bonds is 2. The molecule has 0 aliphatic rings. The molecular weight excluding hydrogens is 386 g/mol. The van der Waals surface area contributed by atoms with Gasteiger partial charge in [0.15, 0.2) is 0 Å². The molecule has 0 aromatic heterocycles. The van der Waals surface area contributed by atoms with Crippen LogP contribution in [0, 0.1) is 11.6 Å². The Kier molecular flexibility index (Phi) is 4.29. The number of carbonyl (C=O) groups is 1. The summed E-state index contributed by atoms with van der Waals surface area (Å²) in [6, 6.07) is 22.8. The molecule has 0 bridgehead atoms. The molecule has 0 N–H and O–H groups in total. The Morgan fingerprint density at radius 1 is 0.633 bits per heavy atom. The van der Waals surface area contributed by atoms with Crippen LogP contribution in [0.4, 0.5) is 13.6 Å². The molecule has 0 atom stereocenters. The van der Waals surface area contributed by atoms with Crippen molar-refractivity contribution in [3.05, 3.63) is 96.6 Å². The Hall–Kier alpha value is -3.99. The standard InChI is InChI=1S/C25H14F2O3/c26-17-12-11-16-13-21-19(8-4-9-22(21)27)24(20(16)14-17)30-25(28)29-23-10-3-6-15-5-1-2-7-18(15)23/h1-14H. The smallest absolute Gasteiger partial charge is 0.394 e. The van der Waals surface area contributed by atoms with Gasteiger partial charge in [0.05, 0.1) is 0 Å². The summed E-state index contributed by atoms with van der Waals surface area (Å²) in [6.45, 7) is 0. The van der Waals surface area contributed by atoms with Crippen LogP contribution in [0.3, 0.4) is 0 Å². The van der Waals surface area contributed by atoms with Crippen LogP contribution in [0.25, 0.3) is 32.3 Å². The van der Waals surface area contributed by atoms with Crippen LogP contribution in [0.5, 0.6) is 11.5 Å². The summed E-state index contributed by atoms with van der Waals surface area (Å²) < 4.78 is 39.2. The second kappa shape index (κ2) is 7.12. The van der Waals surface area contributed by atoms with Crippen LogP contribution in [0.2, 0.25) is 0 Å². The van der Waals surface area contributed by atoms with E-state index in [2.05, 4.69) is 0 Å². The molecule has 5 heteroatoms. The minimum absolute atomic E-state index is 0.0479. The number of halogens is 2. The van der Waals surface area contributed by atoms with Crippen molar-refractivity contribution < 1.29 is 23.0 Å². The lowest BCUT2D eigenvalue weighted by Crippen LogP contribution is -2.14. The van der Waals surface area contributed by atoms with Crippen molar-refractivity contribution in [2.75, 3.05) is 0 Å². The van der Waals surface area contributed by atoms with Crippen LogP contribution in [-0.2, 0) is 0 Å². The molecule has 5 aromatic carbocycles. The molecule has 0 aliphatic carbocycles. The van der Waals surface area contributed by atoms with Gasteiger partial charge >= 0.3 is 6.16 Å². The van der Waals surface area contributed by atoms with Crippen molar-refractivity contribution in [2.45, 2.75) is 0 Å². The van der Waals surface area contributed by atoms with E-state index in [1.54, 1.807) is 24.3 Å². The lowest BCUT2D eigenvalue weighted by Gasteiger charge is -2.13. The molecule has 0 saturated heterocycles. The average molecular weight is 400 g/mol. The maximum atomic E-state index is 14.4. The summed E-state index contributed by atoms with van der Waals surface area (Å²) in [5, 5.41) is 3.16. The lowest BCUT2D eigenvalue weighted by molar-refractivity contribution is 0.153. The molecule has 0 heterocycles. The van der Waals surface area contributed by atoms with Gasteiger partial charge in [0.1, 0.15) is 23.1 Å². The van der Waals surface area contributed by atoms with Gasteiger partial charge < -0.3 is 9.47 Å². The van der Waals surface area contributed by atoms with E-state index < -0.39 is 17.8 Å². The Balaban J connectivity index is 1.60. The van der Waals surface area contributed by atoms with Crippen LogP contribution < -0.4 is 9.47 Å². The molecule has 0 fully saturated rings. The summed E-state index contributed by atoms with van der Waals surface area (Å²) in [7, 11) is 0. The van der Waals surface area contributed by atoms with Crippen LogP contribution in [0.1, 0.15) is 0 Å². The number of ether oxygens (including phenoxy) is 2.